The summed E-state index contributed by atoms with van der Waals surface area (Å²) in [5.41, 5.74) is 0.376. The fourth-order valence-electron chi connectivity index (χ4n) is 2.53. The molecule has 3 heterocycles. The van der Waals surface area contributed by atoms with E-state index in [9.17, 15) is 4.79 Å². The van der Waals surface area contributed by atoms with Gasteiger partial charge in [-0.05, 0) is 37.9 Å². The van der Waals surface area contributed by atoms with Gasteiger partial charge in [-0.3, -0.25) is 4.79 Å². The lowest BCUT2D eigenvalue weighted by Crippen LogP contribution is -2.46. The fourth-order valence-corrected chi connectivity index (χ4v) is 3.24. The van der Waals surface area contributed by atoms with Crippen LogP contribution in [0.2, 0.25) is 0 Å². The van der Waals surface area contributed by atoms with E-state index in [0.717, 1.165) is 30.8 Å². The molecule has 1 aliphatic heterocycles. The van der Waals surface area contributed by atoms with Crippen molar-refractivity contribution in [2.75, 3.05) is 20.1 Å². The van der Waals surface area contributed by atoms with Crippen LogP contribution in [0.5, 0.6) is 0 Å². The van der Waals surface area contributed by atoms with Crippen molar-refractivity contribution >= 4 is 17.2 Å². The summed E-state index contributed by atoms with van der Waals surface area (Å²) >= 11 is 1.54. The Labute approximate surface area is 121 Å². The highest BCUT2D eigenvalue weighted by molar-refractivity contribution is 7.13. The number of carbonyl (C=O) groups is 1. The van der Waals surface area contributed by atoms with E-state index in [2.05, 4.69) is 22.2 Å². The van der Waals surface area contributed by atoms with Gasteiger partial charge >= 0.3 is 0 Å². The minimum absolute atomic E-state index is 0.151. The summed E-state index contributed by atoms with van der Waals surface area (Å²) in [5.74, 6) is 0.407. The number of likely N-dealkylation sites (tertiary alicyclic amines) is 1. The highest BCUT2D eigenvalue weighted by Crippen LogP contribution is 2.27. The van der Waals surface area contributed by atoms with E-state index in [0.29, 0.717) is 11.5 Å². The van der Waals surface area contributed by atoms with Crippen LogP contribution in [0.25, 0.3) is 10.6 Å². The lowest BCUT2D eigenvalue weighted by atomic mass is 10.1. The lowest BCUT2D eigenvalue weighted by molar-refractivity contribution is 0.0908. The molecule has 1 aliphatic rings. The Hall–Kier alpha value is -1.66. The molecular weight excluding hydrogens is 274 g/mol. The summed E-state index contributed by atoms with van der Waals surface area (Å²) in [5, 5.41) is 5.01. The summed E-state index contributed by atoms with van der Waals surface area (Å²) in [7, 11) is 2.07. The van der Waals surface area contributed by atoms with Gasteiger partial charge in [-0.1, -0.05) is 6.07 Å². The van der Waals surface area contributed by atoms with Crippen LogP contribution in [0.15, 0.2) is 28.3 Å². The Morgan fingerprint density at radius 2 is 2.50 bits per heavy atom. The van der Waals surface area contributed by atoms with Crippen molar-refractivity contribution in [3.8, 4) is 10.6 Å². The predicted octanol–water partition coefficient (Wildman–Crippen LogP) is 2.23. The maximum atomic E-state index is 12.3. The first kappa shape index (κ1) is 13.3. The molecule has 20 heavy (non-hydrogen) atoms. The van der Waals surface area contributed by atoms with Crippen LogP contribution in [-0.4, -0.2) is 42.0 Å². The summed E-state index contributed by atoms with van der Waals surface area (Å²) in [6, 6.07) is 4.05. The van der Waals surface area contributed by atoms with E-state index < -0.39 is 0 Å². The maximum Gasteiger partial charge on any atom is 0.274 e. The normalized spacial score (nSPS) is 19.9. The van der Waals surface area contributed by atoms with Crippen LogP contribution in [0.4, 0.5) is 0 Å². The molecule has 0 spiro atoms. The van der Waals surface area contributed by atoms with Gasteiger partial charge < -0.3 is 14.6 Å². The van der Waals surface area contributed by atoms with Gasteiger partial charge in [0.15, 0.2) is 17.8 Å². The minimum Gasteiger partial charge on any atom is -0.442 e. The zero-order valence-corrected chi connectivity index (χ0v) is 12.2. The third-order valence-corrected chi connectivity index (χ3v) is 4.36. The molecule has 1 amide bonds. The number of thiophene rings is 1. The van der Waals surface area contributed by atoms with Crippen LogP contribution in [0, 0.1) is 0 Å². The standard InChI is InChI=1S/C14H17N3O2S/c1-17-6-2-4-10(8-17)16-14(18)12-13(19-9-15-12)11-5-3-7-20-11/h3,5,7,9-10H,2,4,6,8H2,1H3,(H,16,18)/t10-/m1/s1. The second-order valence-electron chi connectivity index (χ2n) is 5.08. The highest BCUT2D eigenvalue weighted by atomic mass is 32.1. The number of rotatable bonds is 3. The molecule has 0 aliphatic carbocycles. The number of carbonyl (C=O) groups excluding carboxylic acids is 1. The van der Waals surface area contributed by atoms with Gasteiger partial charge in [0.1, 0.15) is 0 Å². The summed E-state index contributed by atoms with van der Waals surface area (Å²) < 4.78 is 5.37. The summed E-state index contributed by atoms with van der Waals surface area (Å²) in [6.45, 7) is 1.98. The third kappa shape index (κ3) is 2.76. The minimum atomic E-state index is -0.151. The van der Waals surface area contributed by atoms with Crippen LogP contribution in [0.1, 0.15) is 23.3 Å². The average Bonchev–Trinajstić information content (AvgIpc) is 3.09. The molecule has 0 unspecified atom stereocenters. The van der Waals surface area contributed by atoms with Gasteiger partial charge in [0, 0.05) is 12.6 Å². The Balaban J connectivity index is 1.73. The Kier molecular flexibility index (Phi) is 3.84. The molecule has 106 valence electrons. The first-order valence-electron chi connectivity index (χ1n) is 6.71. The number of oxazole rings is 1. The molecule has 6 heteroatoms. The molecule has 1 fully saturated rings. The third-order valence-electron chi connectivity index (χ3n) is 3.49. The van der Waals surface area contributed by atoms with Crippen LogP contribution < -0.4 is 5.32 Å². The molecule has 0 aromatic carbocycles. The number of aromatic nitrogens is 1. The number of nitrogens with zero attached hydrogens (tertiary/aromatic N) is 2. The highest BCUT2D eigenvalue weighted by Gasteiger charge is 2.24. The molecule has 5 nitrogen and oxygen atoms in total. The maximum absolute atomic E-state index is 12.3. The molecule has 3 rings (SSSR count). The Morgan fingerprint density at radius 3 is 3.25 bits per heavy atom. The first-order valence-corrected chi connectivity index (χ1v) is 7.59. The zero-order valence-electron chi connectivity index (χ0n) is 11.3. The number of nitrogens with one attached hydrogen (secondary N) is 1. The van der Waals surface area contributed by atoms with E-state index in [1.165, 1.54) is 17.7 Å². The van der Waals surface area contributed by atoms with Gasteiger partial charge in [0.05, 0.1) is 4.88 Å². The molecule has 2 aromatic heterocycles. The second-order valence-corrected chi connectivity index (χ2v) is 6.03. The molecule has 0 bridgehead atoms. The van der Waals surface area contributed by atoms with Crippen molar-refractivity contribution in [2.45, 2.75) is 18.9 Å². The van der Waals surface area contributed by atoms with Crippen molar-refractivity contribution in [3.63, 3.8) is 0 Å². The van der Waals surface area contributed by atoms with Crippen LogP contribution in [-0.2, 0) is 0 Å². The van der Waals surface area contributed by atoms with Crippen molar-refractivity contribution < 1.29 is 9.21 Å². The largest absolute Gasteiger partial charge is 0.442 e. The van der Waals surface area contributed by atoms with E-state index in [1.807, 2.05) is 17.5 Å². The number of amides is 1. The van der Waals surface area contributed by atoms with Gasteiger partial charge in [-0.2, -0.15) is 0 Å². The van der Waals surface area contributed by atoms with Crippen molar-refractivity contribution in [1.29, 1.82) is 0 Å². The number of piperidine rings is 1. The molecule has 2 aromatic rings. The van der Waals surface area contributed by atoms with Crippen LogP contribution >= 0.6 is 11.3 Å². The first-order chi connectivity index (χ1) is 9.74. The van der Waals surface area contributed by atoms with E-state index >= 15 is 0 Å². The quantitative estimate of drug-likeness (QED) is 0.942. The van der Waals surface area contributed by atoms with E-state index in [1.54, 1.807) is 0 Å². The van der Waals surface area contributed by atoms with Crippen molar-refractivity contribution in [3.05, 3.63) is 29.6 Å². The van der Waals surface area contributed by atoms with Gasteiger partial charge in [-0.25, -0.2) is 4.98 Å². The van der Waals surface area contributed by atoms with Crippen molar-refractivity contribution in [1.82, 2.24) is 15.2 Å². The summed E-state index contributed by atoms with van der Waals surface area (Å²) in [6.07, 6.45) is 3.46. The Bertz CT molecular complexity index is 579. The fraction of sp³-hybridized carbons (Fsp3) is 0.429. The van der Waals surface area contributed by atoms with E-state index in [4.69, 9.17) is 4.42 Å². The lowest BCUT2D eigenvalue weighted by Gasteiger charge is -2.29. The number of hydrogen-bond acceptors (Lipinski definition) is 5. The Morgan fingerprint density at radius 1 is 1.60 bits per heavy atom. The second kappa shape index (κ2) is 5.76. The molecule has 1 N–H and O–H groups in total. The average molecular weight is 291 g/mol. The zero-order chi connectivity index (χ0) is 13.9. The monoisotopic (exact) mass is 291 g/mol. The topological polar surface area (TPSA) is 58.4 Å². The molecule has 0 radical (unpaired) electrons. The van der Waals surface area contributed by atoms with E-state index in [-0.39, 0.29) is 11.9 Å². The molecule has 1 atom stereocenters. The van der Waals surface area contributed by atoms with Crippen LogP contribution in [0.3, 0.4) is 0 Å². The molecule has 0 saturated carbocycles. The van der Waals surface area contributed by atoms with Gasteiger partial charge in [-0.15, -0.1) is 11.3 Å². The van der Waals surface area contributed by atoms with Gasteiger partial charge in [0.25, 0.3) is 5.91 Å². The molecular formula is C14H17N3O2S. The number of hydrogen-bond donors (Lipinski definition) is 1. The SMILES string of the molecule is CN1CCC[C@@H](NC(=O)c2ncoc2-c2cccs2)C1. The smallest absolute Gasteiger partial charge is 0.274 e. The number of likely N-dealkylation sites (N-methyl/N-ethyl adjacent to an activating group) is 1. The summed E-state index contributed by atoms with van der Waals surface area (Å²) in [4.78, 5) is 19.6. The van der Waals surface area contributed by atoms with Crippen molar-refractivity contribution in [2.24, 2.45) is 0 Å². The predicted molar refractivity (Wildman–Crippen MR) is 77.8 cm³/mol. The molecule has 1 saturated heterocycles. The van der Waals surface area contributed by atoms with Gasteiger partial charge in [0.2, 0.25) is 0 Å².